The Morgan fingerprint density at radius 2 is 2.17 bits per heavy atom. The minimum atomic E-state index is -0.0831. The molecule has 3 atom stereocenters. The van der Waals surface area contributed by atoms with Gasteiger partial charge < -0.3 is 0 Å². The number of carbonyl (C=O) groups is 1. The summed E-state index contributed by atoms with van der Waals surface area (Å²) < 4.78 is 0. The van der Waals surface area contributed by atoms with Crippen molar-refractivity contribution in [3.63, 3.8) is 0 Å². The molecule has 3 aliphatic carbocycles. The summed E-state index contributed by atoms with van der Waals surface area (Å²) in [7, 11) is 0. The van der Waals surface area contributed by atoms with Crippen LogP contribution in [0.4, 0.5) is 0 Å². The summed E-state index contributed by atoms with van der Waals surface area (Å²) in [5.41, 5.74) is 1.98. The van der Waals surface area contributed by atoms with Gasteiger partial charge in [0.05, 0.1) is 0 Å². The number of hydrogen-bond donors (Lipinski definition) is 0. The van der Waals surface area contributed by atoms with Gasteiger partial charge in [-0.15, -0.1) is 0 Å². The lowest BCUT2D eigenvalue weighted by Crippen LogP contribution is -2.39. The Morgan fingerprint density at radius 3 is 2.89 bits per heavy atom. The van der Waals surface area contributed by atoms with Crippen molar-refractivity contribution in [1.29, 1.82) is 0 Å². The predicted molar refractivity (Wildman–Crippen MR) is 71.9 cm³/mol. The van der Waals surface area contributed by atoms with Gasteiger partial charge >= 0.3 is 0 Å². The highest BCUT2D eigenvalue weighted by molar-refractivity contribution is 6.30. The molecule has 3 aliphatic rings. The molecule has 1 fully saturated rings. The first-order chi connectivity index (χ1) is 8.69. The molecule has 4 rings (SSSR count). The molecule has 1 aromatic rings. The van der Waals surface area contributed by atoms with E-state index in [1.807, 2.05) is 18.2 Å². The van der Waals surface area contributed by atoms with Crippen molar-refractivity contribution in [1.82, 2.24) is 0 Å². The first-order valence-corrected chi connectivity index (χ1v) is 7.08. The lowest BCUT2D eigenvalue weighted by Gasteiger charge is -2.38. The van der Waals surface area contributed by atoms with E-state index in [1.165, 1.54) is 6.42 Å². The first-order valence-electron chi connectivity index (χ1n) is 6.71. The Balaban J connectivity index is 1.81. The lowest BCUT2D eigenvalue weighted by atomic mass is 9.63. The number of benzene rings is 1. The van der Waals surface area contributed by atoms with Gasteiger partial charge in [0.2, 0.25) is 0 Å². The fourth-order valence-corrected chi connectivity index (χ4v) is 4.43. The molecular weight excluding hydrogens is 244 g/mol. The molecule has 2 heteroatoms. The maximum Gasteiger partial charge on any atom is 0.169 e. The average molecular weight is 259 g/mol. The number of Topliss-reactive ketones (excluding diaryl/α,β-unsaturated/α-hetero) is 1. The molecule has 3 unspecified atom stereocenters. The van der Waals surface area contributed by atoms with Crippen molar-refractivity contribution < 1.29 is 4.79 Å². The molecule has 1 spiro atoms. The number of aryl methyl sites for hydroxylation is 1. The van der Waals surface area contributed by atoms with Gasteiger partial charge in [-0.05, 0) is 61.3 Å². The van der Waals surface area contributed by atoms with Crippen molar-refractivity contribution in [2.75, 3.05) is 0 Å². The van der Waals surface area contributed by atoms with Gasteiger partial charge in [-0.1, -0.05) is 23.8 Å². The molecule has 2 bridgehead atoms. The smallest absolute Gasteiger partial charge is 0.169 e. The predicted octanol–water partition coefficient (Wildman–Crippen LogP) is 4.05. The van der Waals surface area contributed by atoms with Gasteiger partial charge in [-0.3, -0.25) is 4.79 Å². The maximum absolute atomic E-state index is 12.9. The standard InChI is InChI=1S/C16H15ClO/c17-13-3-4-14-11(8-13)5-6-16(15(14)18)9-10-1-2-12(16)7-10/h1-4,8,10,12H,5-7,9H2. The fourth-order valence-electron chi connectivity index (χ4n) is 4.23. The molecule has 92 valence electrons. The van der Waals surface area contributed by atoms with Crippen LogP contribution >= 0.6 is 11.6 Å². The average Bonchev–Trinajstić information content (AvgIpc) is 2.95. The van der Waals surface area contributed by atoms with Crippen LogP contribution in [0, 0.1) is 17.3 Å². The Morgan fingerprint density at radius 1 is 1.28 bits per heavy atom. The van der Waals surface area contributed by atoms with Gasteiger partial charge in [0.25, 0.3) is 0 Å². The van der Waals surface area contributed by atoms with E-state index in [9.17, 15) is 4.79 Å². The van der Waals surface area contributed by atoms with Gasteiger partial charge in [0.15, 0.2) is 5.78 Å². The topological polar surface area (TPSA) is 17.1 Å². The number of ketones is 1. The Bertz CT molecular complexity index is 574. The normalized spacial score (nSPS) is 36.4. The van der Waals surface area contributed by atoms with E-state index in [-0.39, 0.29) is 5.41 Å². The van der Waals surface area contributed by atoms with Crippen LogP contribution in [-0.4, -0.2) is 5.78 Å². The van der Waals surface area contributed by atoms with Crippen LogP contribution in [-0.2, 0) is 6.42 Å². The highest BCUT2D eigenvalue weighted by Gasteiger charge is 2.54. The second-order valence-electron chi connectivity index (χ2n) is 5.98. The van der Waals surface area contributed by atoms with Crippen LogP contribution in [0.25, 0.3) is 0 Å². The second kappa shape index (κ2) is 3.48. The number of carbonyl (C=O) groups excluding carboxylic acids is 1. The zero-order chi connectivity index (χ0) is 12.3. The summed E-state index contributed by atoms with van der Waals surface area (Å²) in [6.07, 6.45) is 8.85. The largest absolute Gasteiger partial charge is 0.294 e. The number of hydrogen-bond acceptors (Lipinski definition) is 1. The first kappa shape index (κ1) is 10.8. The molecule has 0 aliphatic heterocycles. The molecule has 0 N–H and O–H groups in total. The van der Waals surface area contributed by atoms with E-state index >= 15 is 0 Å². The van der Waals surface area contributed by atoms with Gasteiger partial charge in [-0.25, -0.2) is 0 Å². The fraction of sp³-hybridized carbons (Fsp3) is 0.438. The molecule has 0 aromatic heterocycles. The molecular formula is C16H15ClO. The highest BCUT2D eigenvalue weighted by Crippen LogP contribution is 2.57. The Kier molecular flexibility index (Phi) is 2.09. The molecule has 0 heterocycles. The van der Waals surface area contributed by atoms with Gasteiger partial charge in [0.1, 0.15) is 0 Å². The van der Waals surface area contributed by atoms with Crippen LogP contribution in [0.1, 0.15) is 35.2 Å². The van der Waals surface area contributed by atoms with Gasteiger partial charge in [-0.2, -0.15) is 0 Å². The van der Waals surface area contributed by atoms with E-state index < -0.39 is 0 Å². The van der Waals surface area contributed by atoms with Crippen molar-refractivity contribution in [3.8, 4) is 0 Å². The van der Waals surface area contributed by atoms with Crippen LogP contribution in [0.2, 0.25) is 5.02 Å². The summed E-state index contributed by atoms with van der Waals surface area (Å²) in [5.74, 6) is 1.50. The minimum absolute atomic E-state index is 0.0831. The highest BCUT2D eigenvalue weighted by atomic mass is 35.5. The quantitative estimate of drug-likeness (QED) is 0.642. The van der Waals surface area contributed by atoms with Gasteiger partial charge in [0, 0.05) is 16.0 Å². The van der Waals surface area contributed by atoms with E-state index in [0.717, 1.165) is 35.4 Å². The molecule has 1 nitrogen and oxygen atoms in total. The van der Waals surface area contributed by atoms with Crippen molar-refractivity contribution in [3.05, 3.63) is 46.5 Å². The van der Waals surface area contributed by atoms with Crippen LogP contribution in [0.15, 0.2) is 30.4 Å². The third-order valence-electron chi connectivity index (χ3n) is 5.11. The summed E-state index contributed by atoms with van der Waals surface area (Å²) in [4.78, 5) is 12.9. The summed E-state index contributed by atoms with van der Waals surface area (Å²) in [6.45, 7) is 0. The lowest BCUT2D eigenvalue weighted by molar-refractivity contribution is 0.0702. The third kappa shape index (κ3) is 1.26. The molecule has 0 radical (unpaired) electrons. The molecule has 0 saturated heterocycles. The Labute approximate surface area is 112 Å². The van der Waals surface area contributed by atoms with Crippen molar-refractivity contribution >= 4 is 17.4 Å². The molecule has 0 amide bonds. The summed E-state index contributed by atoms with van der Waals surface area (Å²) in [5, 5.41) is 0.741. The zero-order valence-corrected chi connectivity index (χ0v) is 10.9. The van der Waals surface area contributed by atoms with E-state index in [1.54, 1.807) is 0 Å². The SMILES string of the molecule is O=C1c2ccc(Cl)cc2CCC12CC1C=CC2C1. The summed E-state index contributed by atoms with van der Waals surface area (Å²) >= 11 is 6.02. The monoisotopic (exact) mass is 258 g/mol. The van der Waals surface area contributed by atoms with Crippen LogP contribution < -0.4 is 0 Å². The van der Waals surface area contributed by atoms with Crippen molar-refractivity contribution in [2.45, 2.75) is 25.7 Å². The number of allylic oxidation sites excluding steroid dienone is 2. The second-order valence-corrected chi connectivity index (χ2v) is 6.41. The van der Waals surface area contributed by atoms with Crippen molar-refractivity contribution in [2.24, 2.45) is 17.3 Å². The molecule has 1 saturated carbocycles. The number of fused-ring (bicyclic) bond motifs is 4. The number of rotatable bonds is 0. The summed E-state index contributed by atoms with van der Waals surface area (Å²) in [6, 6.07) is 5.74. The van der Waals surface area contributed by atoms with Crippen LogP contribution in [0.5, 0.6) is 0 Å². The van der Waals surface area contributed by atoms with E-state index in [2.05, 4.69) is 12.2 Å². The van der Waals surface area contributed by atoms with E-state index in [0.29, 0.717) is 17.6 Å². The maximum atomic E-state index is 12.9. The molecule has 18 heavy (non-hydrogen) atoms. The zero-order valence-electron chi connectivity index (χ0n) is 10.2. The Hall–Kier alpha value is -1.08. The van der Waals surface area contributed by atoms with Crippen LogP contribution in [0.3, 0.4) is 0 Å². The third-order valence-corrected chi connectivity index (χ3v) is 5.35. The minimum Gasteiger partial charge on any atom is -0.294 e. The van der Waals surface area contributed by atoms with E-state index in [4.69, 9.17) is 11.6 Å². The number of halogens is 1. The molecule has 1 aromatic carbocycles.